The van der Waals surface area contributed by atoms with Gasteiger partial charge in [-0.15, -0.1) is 0 Å². The standard InChI is InChI=1S/C79H76N2.C17H18.C16H14/c1-11-13-15-57-27-39-63(40-28-57)80-73-43-25-55(7)45-69(73)78(59-31-17-51(3)18-32-59,60-33-19-52(4)20-34-60)71-47-65-66-48-72-76(50-68(66)77(9,10)67(65)49-75(71)80)81(64-41-29-58(30-42-64)16-14-12-2)74-44-26-56(8)46-70(74)79(72,61-35-21-53(5)22-36-61)62-37-23-54(6)24-38-62;1-11-5-7-13-14-8-6-12(2)10-16(14)17(3,4)15(13)9-11;1-11-13-7-3-5-9-15(13)12(2)16-10-6-4-8-14(11)16/h17-50H,11-16H2,1-10H3;5-10H,1-4H3;3-10H,1-2H3. The normalized spacial score (nSPS) is 14.4. The number of unbranched alkanes of at least 4 members (excludes halogenated alkanes) is 2. The van der Waals surface area contributed by atoms with Crippen LogP contribution in [0.4, 0.5) is 34.1 Å². The Morgan fingerprint density at radius 3 is 0.798 bits per heavy atom. The van der Waals surface area contributed by atoms with E-state index in [4.69, 9.17) is 0 Å². The minimum absolute atomic E-state index is 0.142. The van der Waals surface area contributed by atoms with Crippen molar-refractivity contribution < 1.29 is 0 Å². The van der Waals surface area contributed by atoms with Crippen LogP contribution in [0.5, 0.6) is 0 Å². The molecular weight excluding hydrogens is 1370 g/mol. The van der Waals surface area contributed by atoms with Gasteiger partial charge < -0.3 is 9.80 Å². The average molecular weight is 1480 g/mol. The number of rotatable bonds is 12. The van der Waals surface area contributed by atoms with Crippen LogP contribution < -0.4 is 9.80 Å². The van der Waals surface area contributed by atoms with Gasteiger partial charge in [-0.2, -0.15) is 0 Å². The first-order chi connectivity index (χ1) is 55.0. The van der Waals surface area contributed by atoms with Gasteiger partial charge in [0.25, 0.3) is 0 Å². The number of fused-ring (bicyclic) bond motifs is 12. The molecule has 0 radical (unpaired) electrons. The molecule has 0 aromatic heterocycles. The first-order valence-corrected chi connectivity index (χ1v) is 41.8. The van der Waals surface area contributed by atoms with Crippen LogP contribution in [0, 0.1) is 69.2 Å². The topological polar surface area (TPSA) is 6.48 Å². The van der Waals surface area contributed by atoms with E-state index in [-0.39, 0.29) is 10.8 Å². The molecule has 2 heterocycles. The average Bonchev–Trinajstić information content (AvgIpc) is 1.34. The summed E-state index contributed by atoms with van der Waals surface area (Å²) in [5.74, 6) is 0. The molecule has 0 saturated heterocycles. The van der Waals surface area contributed by atoms with Crippen molar-refractivity contribution in [1.29, 1.82) is 0 Å². The van der Waals surface area contributed by atoms with E-state index in [9.17, 15) is 0 Å². The van der Waals surface area contributed by atoms with Crippen LogP contribution in [0.3, 0.4) is 0 Å². The third-order valence-electron chi connectivity index (χ3n) is 26.2. The zero-order valence-electron chi connectivity index (χ0n) is 69.8. The molecule has 114 heavy (non-hydrogen) atoms. The van der Waals surface area contributed by atoms with Crippen LogP contribution in [0.2, 0.25) is 0 Å². The molecule has 19 rings (SSSR count). The molecule has 0 amide bonds. The zero-order chi connectivity index (χ0) is 79.3. The third-order valence-corrected chi connectivity index (χ3v) is 26.2. The lowest BCUT2D eigenvalue weighted by Crippen LogP contribution is -2.38. The zero-order valence-corrected chi connectivity index (χ0v) is 69.8. The van der Waals surface area contributed by atoms with Crippen molar-refractivity contribution >= 4 is 55.7 Å². The van der Waals surface area contributed by atoms with Gasteiger partial charge in [0, 0.05) is 22.2 Å². The van der Waals surface area contributed by atoms with Crippen LogP contribution in [0.1, 0.15) is 201 Å². The lowest BCUT2D eigenvalue weighted by atomic mass is 9.61. The highest BCUT2D eigenvalue weighted by Gasteiger charge is 2.52. The Kier molecular flexibility index (Phi) is 19.4. The molecule has 0 N–H and O–H groups in total. The highest BCUT2D eigenvalue weighted by Crippen LogP contribution is 2.65. The molecule has 0 unspecified atom stereocenters. The van der Waals surface area contributed by atoms with Crippen LogP contribution in [0.15, 0.2) is 291 Å². The summed E-state index contributed by atoms with van der Waals surface area (Å²) < 4.78 is 0. The molecule has 4 aliphatic rings. The fraction of sp³-hybridized carbons (Fsp3) is 0.232. The van der Waals surface area contributed by atoms with E-state index in [1.165, 1.54) is 237 Å². The molecule has 0 bridgehead atoms. The number of aryl methyl sites for hydroxylation is 12. The van der Waals surface area contributed by atoms with E-state index < -0.39 is 10.8 Å². The number of anilines is 6. The van der Waals surface area contributed by atoms with Crippen LogP contribution >= 0.6 is 0 Å². The van der Waals surface area contributed by atoms with E-state index in [0.717, 1.165) is 12.8 Å². The van der Waals surface area contributed by atoms with Crippen molar-refractivity contribution in [1.82, 2.24) is 0 Å². The fourth-order valence-electron chi connectivity index (χ4n) is 19.9. The maximum Gasteiger partial charge on any atom is 0.0742 e. The number of benzene rings is 15. The lowest BCUT2D eigenvalue weighted by molar-refractivity contribution is 0.656. The van der Waals surface area contributed by atoms with E-state index in [0.29, 0.717) is 0 Å². The summed E-state index contributed by atoms with van der Waals surface area (Å²) in [6, 6.07) is 113. The molecule has 2 aliphatic heterocycles. The number of hydrogen-bond acceptors (Lipinski definition) is 2. The third kappa shape index (κ3) is 12.4. The molecule has 0 spiro atoms. The van der Waals surface area contributed by atoms with Gasteiger partial charge in [-0.1, -0.05) is 329 Å². The predicted molar refractivity (Wildman–Crippen MR) is 487 cm³/mol. The predicted octanol–water partition coefficient (Wildman–Crippen LogP) is 30.1. The second-order valence-corrected chi connectivity index (χ2v) is 34.7. The lowest BCUT2D eigenvalue weighted by Gasteiger charge is -2.47. The van der Waals surface area contributed by atoms with Crippen molar-refractivity contribution in [2.24, 2.45) is 0 Å². The SMILES string of the molecule is CCCCc1ccc(N2c3ccc(C)cc3C(c3ccc(C)cc3)(c3ccc(C)cc3)c3cc4c(cc32)C(C)(C)c2cc3c(cc2-4)C(c2ccc(C)cc2)(c2ccc(C)cc2)c2cc(C)ccc2N3c2ccc(CCCC)cc2)cc1.Cc1c2ccccc2c(C)c2ccccc12.Cc1ccc2c(c1)C(C)(C)c1cc(C)ccc1-2. The minimum atomic E-state index is -0.671. The minimum Gasteiger partial charge on any atom is -0.310 e. The Balaban J connectivity index is 0.000000231. The van der Waals surface area contributed by atoms with Crippen molar-refractivity contribution in [3.63, 3.8) is 0 Å². The van der Waals surface area contributed by atoms with E-state index in [1.54, 1.807) is 0 Å². The highest BCUT2D eigenvalue weighted by molar-refractivity contribution is 6.06. The maximum absolute atomic E-state index is 2.66. The maximum atomic E-state index is 2.66. The van der Waals surface area contributed by atoms with Crippen molar-refractivity contribution in [3.8, 4) is 22.3 Å². The molecule has 15 aromatic carbocycles. The van der Waals surface area contributed by atoms with Gasteiger partial charge in [-0.05, 0) is 288 Å². The van der Waals surface area contributed by atoms with Crippen LogP contribution in [-0.4, -0.2) is 0 Å². The number of nitrogens with zero attached hydrogens (tertiary/aromatic N) is 2. The Hall–Kier alpha value is -11.6. The number of hydrogen-bond donors (Lipinski definition) is 0. The first-order valence-electron chi connectivity index (χ1n) is 41.8. The fourth-order valence-corrected chi connectivity index (χ4v) is 19.9. The molecule has 0 atom stereocenters. The van der Waals surface area contributed by atoms with E-state index >= 15 is 0 Å². The first kappa shape index (κ1) is 75.1. The quantitative estimate of drug-likeness (QED) is 0.113. The van der Waals surface area contributed by atoms with E-state index in [1.807, 2.05) is 0 Å². The molecule has 2 nitrogen and oxygen atoms in total. The van der Waals surface area contributed by atoms with Crippen molar-refractivity contribution in [2.75, 3.05) is 9.80 Å². The summed E-state index contributed by atoms with van der Waals surface area (Å²) >= 11 is 0. The van der Waals surface area contributed by atoms with Crippen molar-refractivity contribution in [2.45, 2.75) is 171 Å². The molecule has 2 aliphatic carbocycles. The second-order valence-electron chi connectivity index (χ2n) is 34.7. The van der Waals surface area contributed by atoms with Gasteiger partial charge in [-0.3, -0.25) is 0 Å². The Morgan fingerprint density at radius 2 is 0.500 bits per heavy atom. The summed E-state index contributed by atoms with van der Waals surface area (Å²) in [7, 11) is 0. The summed E-state index contributed by atoms with van der Waals surface area (Å²) in [5.41, 5.74) is 42.7. The Morgan fingerprint density at radius 1 is 0.237 bits per heavy atom. The molecule has 0 fully saturated rings. The van der Waals surface area contributed by atoms with E-state index in [2.05, 4.69) is 412 Å². The van der Waals surface area contributed by atoms with Gasteiger partial charge in [0.1, 0.15) is 0 Å². The molecule has 2 heteroatoms. The Bertz CT molecular complexity index is 5680. The van der Waals surface area contributed by atoms with Crippen LogP contribution in [-0.2, 0) is 34.5 Å². The van der Waals surface area contributed by atoms with Gasteiger partial charge in [0.15, 0.2) is 0 Å². The smallest absolute Gasteiger partial charge is 0.0742 e. The molecule has 15 aromatic rings. The van der Waals surface area contributed by atoms with Gasteiger partial charge in [0.2, 0.25) is 0 Å². The van der Waals surface area contributed by atoms with Gasteiger partial charge in [-0.25, -0.2) is 0 Å². The summed E-state index contributed by atoms with van der Waals surface area (Å²) in [4.78, 5) is 5.20. The molecule has 566 valence electrons. The van der Waals surface area contributed by atoms with Gasteiger partial charge >= 0.3 is 0 Å². The molecular formula is C112H108N2. The van der Waals surface area contributed by atoms with Crippen molar-refractivity contribution in [3.05, 3.63) is 425 Å². The van der Waals surface area contributed by atoms with Gasteiger partial charge in [0.05, 0.1) is 33.6 Å². The highest BCUT2D eigenvalue weighted by atomic mass is 15.2. The summed E-state index contributed by atoms with van der Waals surface area (Å²) in [6.07, 6.45) is 6.88. The second kappa shape index (κ2) is 29.4. The van der Waals surface area contributed by atoms with Crippen LogP contribution in [0.25, 0.3) is 43.8 Å². The Labute approximate surface area is 678 Å². The largest absolute Gasteiger partial charge is 0.310 e. The molecule has 0 saturated carbocycles. The monoisotopic (exact) mass is 1480 g/mol. The summed E-state index contributed by atoms with van der Waals surface area (Å²) in [6.45, 7) is 36.3. The summed E-state index contributed by atoms with van der Waals surface area (Å²) in [5, 5.41) is 5.50.